The lowest BCUT2D eigenvalue weighted by atomic mass is 9.91. The lowest BCUT2D eigenvalue weighted by molar-refractivity contribution is -0.128. The normalized spacial score (nSPS) is 11.7. The van der Waals surface area contributed by atoms with Crippen LogP contribution in [0, 0.1) is 0 Å². The largest absolute Gasteiger partial charge is 0.496 e. The minimum absolute atomic E-state index is 0.223. The van der Waals surface area contributed by atoms with Gasteiger partial charge in [-0.3, -0.25) is 9.69 Å². The van der Waals surface area contributed by atoms with Gasteiger partial charge in [0.2, 0.25) is 0 Å². The fourth-order valence-electron chi connectivity index (χ4n) is 2.43. The third-order valence-electron chi connectivity index (χ3n) is 3.78. The summed E-state index contributed by atoms with van der Waals surface area (Å²) in [5.41, 5.74) is 0.514. The second-order valence-electron chi connectivity index (χ2n) is 5.14. The highest BCUT2D eigenvalue weighted by molar-refractivity contribution is 5.89. The zero-order chi connectivity index (χ0) is 14.5. The third-order valence-corrected chi connectivity index (χ3v) is 3.78. The van der Waals surface area contributed by atoms with Gasteiger partial charge in [-0.2, -0.15) is 0 Å². The molecular weight excluding hydrogens is 238 g/mol. The lowest BCUT2D eigenvalue weighted by Crippen LogP contribution is -2.50. The van der Waals surface area contributed by atoms with Crippen LogP contribution in [0.2, 0.25) is 0 Å². The summed E-state index contributed by atoms with van der Waals surface area (Å²) in [5, 5.41) is 0. The molecule has 0 amide bonds. The van der Waals surface area contributed by atoms with Crippen LogP contribution in [0.5, 0.6) is 5.75 Å². The van der Waals surface area contributed by atoms with Crippen LogP contribution in [0.15, 0.2) is 24.3 Å². The number of nitrogens with zero attached hydrogens (tertiary/aromatic N) is 1. The summed E-state index contributed by atoms with van der Waals surface area (Å²) in [6.07, 6.45) is 0.410. The number of ketones is 1. The van der Waals surface area contributed by atoms with Crippen molar-refractivity contribution in [2.24, 2.45) is 0 Å². The number of likely N-dealkylation sites (N-methyl/N-ethyl adjacent to an activating group) is 1. The van der Waals surface area contributed by atoms with Crippen molar-refractivity contribution in [3.05, 3.63) is 29.8 Å². The Labute approximate surface area is 116 Å². The van der Waals surface area contributed by atoms with Crippen LogP contribution in [0.4, 0.5) is 0 Å². The van der Waals surface area contributed by atoms with Crippen molar-refractivity contribution in [3.8, 4) is 5.75 Å². The number of ether oxygens (including phenoxy) is 1. The van der Waals surface area contributed by atoms with Crippen LogP contribution in [0.3, 0.4) is 0 Å². The Morgan fingerprint density at radius 3 is 2.32 bits per heavy atom. The molecule has 0 heterocycles. The predicted octanol–water partition coefficient (Wildman–Crippen LogP) is 2.93. The van der Waals surface area contributed by atoms with E-state index >= 15 is 0 Å². The molecule has 0 atom stereocenters. The number of carbonyl (C=O) groups is 1. The monoisotopic (exact) mass is 263 g/mol. The molecule has 3 nitrogen and oxygen atoms in total. The first-order valence-corrected chi connectivity index (χ1v) is 6.87. The number of rotatable bonds is 7. The number of hydrogen-bond donors (Lipinski definition) is 0. The van der Waals surface area contributed by atoms with Crippen molar-refractivity contribution in [2.75, 3.05) is 20.2 Å². The molecule has 0 aliphatic carbocycles. The smallest absolute Gasteiger partial charge is 0.157 e. The Bertz CT molecular complexity index is 423. The first kappa shape index (κ1) is 15.7. The molecule has 1 rings (SSSR count). The van der Waals surface area contributed by atoms with Crippen molar-refractivity contribution in [1.29, 1.82) is 0 Å². The molecule has 0 unspecified atom stereocenters. The SMILES string of the molecule is CCN(CC)C(C)(C)C(=O)Cc1ccccc1OC. The standard InChI is InChI=1S/C16H25NO2/c1-6-17(7-2)16(3,4)15(18)12-13-10-8-9-11-14(13)19-5/h8-11H,6-7,12H2,1-5H3. The summed E-state index contributed by atoms with van der Waals surface area (Å²) < 4.78 is 5.31. The van der Waals surface area contributed by atoms with Gasteiger partial charge in [-0.25, -0.2) is 0 Å². The van der Waals surface area contributed by atoms with E-state index < -0.39 is 5.54 Å². The van der Waals surface area contributed by atoms with Crippen LogP contribution >= 0.6 is 0 Å². The molecule has 1 aromatic carbocycles. The van der Waals surface area contributed by atoms with Crippen LogP contribution in [0.25, 0.3) is 0 Å². The number of methoxy groups -OCH3 is 1. The Morgan fingerprint density at radius 2 is 1.79 bits per heavy atom. The highest BCUT2D eigenvalue weighted by Gasteiger charge is 2.32. The van der Waals surface area contributed by atoms with Gasteiger partial charge in [-0.1, -0.05) is 32.0 Å². The number of hydrogen-bond acceptors (Lipinski definition) is 3. The second-order valence-corrected chi connectivity index (χ2v) is 5.14. The molecule has 0 spiro atoms. The molecule has 0 aliphatic rings. The Balaban J connectivity index is 2.89. The molecule has 0 saturated heterocycles. The quantitative estimate of drug-likeness (QED) is 0.757. The van der Waals surface area contributed by atoms with Crippen molar-refractivity contribution in [1.82, 2.24) is 4.90 Å². The number of Topliss-reactive ketones (excluding diaryl/α,β-unsaturated/α-hetero) is 1. The number of benzene rings is 1. The maximum Gasteiger partial charge on any atom is 0.157 e. The van der Waals surface area contributed by atoms with Gasteiger partial charge < -0.3 is 4.74 Å². The average molecular weight is 263 g/mol. The highest BCUT2D eigenvalue weighted by atomic mass is 16.5. The first-order valence-electron chi connectivity index (χ1n) is 6.87. The molecule has 0 aliphatic heterocycles. The van der Waals surface area contributed by atoms with E-state index in [9.17, 15) is 4.79 Å². The molecule has 1 aromatic rings. The first-order chi connectivity index (χ1) is 8.97. The molecule has 0 radical (unpaired) electrons. The van der Waals surface area contributed by atoms with E-state index in [-0.39, 0.29) is 5.78 Å². The summed E-state index contributed by atoms with van der Waals surface area (Å²) in [4.78, 5) is 14.7. The third kappa shape index (κ3) is 3.57. The average Bonchev–Trinajstić information content (AvgIpc) is 2.40. The van der Waals surface area contributed by atoms with E-state index in [4.69, 9.17) is 4.74 Å². The fraction of sp³-hybridized carbons (Fsp3) is 0.562. The molecule has 0 fully saturated rings. The zero-order valence-electron chi connectivity index (χ0n) is 12.7. The minimum atomic E-state index is -0.440. The van der Waals surface area contributed by atoms with E-state index in [1.807, 2.05) is 38.1 Å². The molecule has 19 heavy (non-hydrogen) atoms. The highest BCUT2D eigenvalue weighted by Crippen LogP contribution is 2.23. The molecule has 0 bridgehead atoms. The fourth-order valence-corrected chi connectivity index (χ4v) is 2.43. The Kier molecular flexibility index (Phi) is 5.55. The van der Waals surface area contributed by atoms with Crippen LogP contribution in [-0.4, -0.2) is 36.4 Å². The lowest BCUT2D eigenvalue weighted by Gasteiger charge is -2.36. The van der Waals surface area contributed by atoms with Gasteiger partial charge in [0.05, 0.1) is 12.6 Å². The molecule has 0 aromatic heterocycles. The van der Waals surface area contributed by atoms with Crippen molar-refractivity contribution in [3.63, 3.8) is 0 Å². The predicted molar refractivity (Wildman–Crippen MR) is 78.7 cm³/mol. The van der Waals surface area contributed by atoms with Gasteiger partial charge in [0.25, 0.3) is 0 Å². The topological polar surface area (TPSA) is 29.5 Å². The summed E-state index contributed by atoms with van der Waals surface area (Å²) in [5.74, 6) is 1.01. The molecule has 106 valence electrons. The van der Waals surface area contributed by atoms with Crippen LogP contribution in [-0.2, 0) is 11.2 Å². The van der Waals surface area contributed by atoms with Crippen LogP contribution in [0.1, 0.15) is 33.3 Å². The van der Waals surface area contributed by atoms with Gasteiger partial charge in [-0.15, -0.1) is 0 Å². The van der Waals surface area contributed by atoms with Crippen LogP contribution < -0.4 is 4.74 Å². The Hall–Kier alpha value is -1.35. The van der Waals surface area contributed by atoms with Gasteiger partial charge in [0.1, 0.15) is 5.75 Å². The van der Waals surface area contributed by atoms with Crippen molar-refractivity contribution >= 4 is 5.78 Å². The van der Waals surface area contributed by atoms with Gasteiger partial charge in [-0.05, 0) is 33.0 Å². The number of para-hydroxylation sites is 1. The minimum Gasteiger partial charge on any atom is -0.496 e. The van der Waals surface area contributed by atoms with Gasteiger partial charge in [0, 0.05) is 12.0 Å². The van der Waals surface area contributed by atoms with Gasteiger partial charge >= 0.3 is 0 Å². The molecule has 0 saturated carbocycles. The summed E-state index contributed by atoms with van der Waals surface area (Å²) in [6, 6.07) is 7.71. The van der Waals surface area contributed by atoms with E-state index in [1.54, 1.807) is 7.11 Å². The molecular formula is C16H25NO2. The van der Waals surface area contributed by atoms with Crippen molar-refractivity contribution < 1.29 is 9.53 Å². The summed E-state index contributed by atoms with van der Waals surface area (Å²) in [6.45, 7) is 9.92. The van der Waals surface area contributed by atoms with Gasteiger partial charge in [0.15, 0.2) is 5.78 Å². The maximum atomic E-state index is 12.6. The van der Waals surface area contributed by atoms with E-state index in [0.29, 0.717) is 6.42 Å². The Morgan fingerprint density at radius 1 is 1.21 bits per heavy atom. The van der Waals surface area contributed by atoms with E-state index in [2.05, 4.69) is 18.7 Å². The van der Waals surface area contributed by atoms with E-state index in [1.165, 1.54) is 0 Å². The van der Waals surface area contributed by atoms with E-state index in [0.717, 1.165) is 24.4 Å². The molecule has 3 heteroatoms. The van der Waals surface area contributed by atoms with Crippen molar-refractivity contribution in [2.45, 2.75) is 39.7 Å². The zero-order valence-corrected chi connectivity index (χ0v) is 12.7. The summed E-state index contributed by atoms with van der Waals surface area (Å²) in [7, 11) is 1.64. The molecule has 0 N–H and O–H groups in total. The number of carbonyl (C=O) groups excluding carboxylic acids is 1. The second kappa shape index (κ2) is 6.71. The maximum absolute atomic E-state index is 12.6. The summed E-state index contributed by atoms with van der Waals surface area (Å²) >= 11 is 0.